The van der Waals surface area contributed by atoms with Crippen molar-refractivity contribution in [2.45, 2.75) is 211 Å². The van der Waals surface area contributed by atoms with Crippen LogP contribution in [0.15, 0.2) is 48.6 Å². The van der Waals surface area contributed by atoms with Gasteiger partial charge in [0.1, 0.15) is 31.0 Å². The third-order valence-corrected chi connectivity index (χ3v) is 13.0. The van der Waals surface area contributed by atoms with E-state index in [1.807, 2.05) is 18.2 Å². The summed E-state index contributed by atoms with van der Waals surface area (Å²) in [6.45, 7) is 4.04. The van der Waals surface area contributed by atoms with E-state index in [1.165, 1.54) is 64.2 Å². The molecule has 8 atom stereocenters. The maximum absolute atomic E-state index is 13.2. The average Bonchev–Trinajstić information content (AvgIpc) is 3.29. The van der Waals surface area contributed by atoms with E-state index < -0.39 is 91.2 Å². The summed E-state index contributed by atoms with van der Waals surface area (Å²) in [6.07, 6.45) is 27.3. The molecule has 19 nitrogen and oxygen atoms in total. The molecule has 0 aromatic heterocycles. The van der Waals surface area contributed by atoms with Crippen molar-refractivity contribution < 1.29 is 90.6 Å². The minimum Gasteiger partial charge on any atom is -0.462 e. The molecule has 0 heterocycles. The van der Waals surface area contributed by atoms with E-state index in [4.69, 9.17) is 23.6 Å². The van der Waals surface area contributed by atoms with Gasteiger partial charge >= 0.3 is 35.4 Å². The minimum atomic E-state index is -5.49. The second-order valence-electron chi connectivity index (χ2n) is 17.1. The predicted molar refractivity (Wildman–Crippen MR) is 263 cm³/mol. The highest BCUT2D eigenvalue weighted by atomic mass is 31.2. The topological polar surface area (TPSA) is 303 Å². The fourth-order valence-electron chi connectivity index (χ4n) is 7.30. The number of unbranched alkanes of at least 4 members (excludes halogenated alkanes) is 16. The lowest BCUT2D eigenvalue weighted by molar-refractivity contribution is -0.190. The van der Waals surface area contributed by atoms with Gasteiger partial charge in [-0.25, -0.2) is 13.7 Å². The van der Waals surface area contributed by atoms with Gasteiger partial charge in [0.15, 0.2) is 6.10 Å². The van der Waals surface area contributed by atoms with Crippen molar-refractivity contribution in [3.63, 3.8) is 0 Å². The van der Waals surface area contributed by atoms with Crippen molar-refractivity contribution in [1.82, 2.24) is 0 Å². The maximum Gasteiger partial charge on any atom is 0.472 e. The van der Waals surface area contributed by atoms with Crippen LogP contribution in [0.25, 0.3) is 0 Å². The van der Waals surface area contributed by atoms with Gasteiger partial charge in [-0.2, -0.15) is 0 Å². The fraction of sp³-hybridized carbons (Fsp3) is 0.787. The van der Waals surface area contributed by atoms with Crippen LogP contribution in [0, 0.1) is 5.92 Å². The Morgan fingerprint density at radius 1 is 0.507 bits per heavy atom. The largest absolute Gasteiger partial charge is 0.472 e. The number of phosphoric acid groups is 3. The van der Waals surface area contributed by atoms with Crippen molar-refractivity contribution >= 4 is 35.4 Å². The summed E-state index contributed by atoms with van der Waals surface area (Å²) in [7, 11) is -15.2. The number of aliphatic hydroxyl groups excluding tert-OH is 3. The molecule has 0 aromatic rings. The molecule has 1 aliphatic rings. The van der Waals surface area contributed by atoms with Crippen molar-refractivity contribution in [3.05, 3.63) is 48.6 Å². The van der Waals surface area contributed by atoms with Crippen LogP contribution in [0.4, 0.5) is 0 Å². The van der Waals surface area contributed by atoms with Gasteiger partial charge in [-0.1, -0.05) is 166 Å². The van der Waals surface area contributed by atoms with E-state index in [2.05, 4.69) is 53.3 Å². The average molecular weight is 1050 g/mol. The number of aliphatic hydroxyl groups is 3. The first-order valence-electron chi connectivity index (χ1n) is 24.7. The Labute approximate surface area is 411 Å². The van der Waals surface area contributed by atoms with Gasteiger partial charge < -0.3 is 49.3 Å². The monoisotopic (exact) mass is 1050 g/mol. The molecule has 1 aliphatic carbocycles. The van der Waals surface area contributed by atoms with E-state index in [-0.39, 0.29) is 12.8 Å². The summed E-state index contributed by atoms with van der Waals surface area (Å²) in [4.78, 5) is 73.7. The van der Waals surface area contributed by atoms with Gasteiger partial charge in [-0.05, 0) is 44.9 Å². The Kier molecular flexibility index (Phi) is 39.5. The molecule has 4 unspecified atom stereocenters. The molecule has 8 N–H and O–H groups in total. The number of carbonyl (C=O) groups is 2. The summed E-state index contributed by atoms with van der Waals surface area (Å²) >= 11 is 0. The van der Waals surface area contributed by atoms with Crippen molar-refractivity contribution in [2.75, 3.05) is 20.3 Å². The number of ether oxygens (including phenoxy) is 2. The first kappa shape index (κ1) is 67.1. The van der Waals surface area contributed by atoms with Crippen LogP contribution < -0.4 is 0 Å². The Hall–Kier alpha value is -1.89. The van der Waals surface area contributed by atoms with Crippen molar-refractivity contribution in [1.29, 1.82) is 0 Å². The summed E-state index contributed by atoms with van der Waals surface area (Å²) in [5, 5.41) is 28.7. The SMILES string of the molecule is CCC/C=C\C/C=C\C/C=C\C/C=C\CCCC(=O)OC(COC(=O)CCCCCCCCCCCCCCCCC)COP(=O)(O)O[C@H]1C(O)[C@@H](OP(=O)(O)O)C(OP(=O)(O)O)[C@@H](C)[C@H]1O.CO. The molecule has 0 amide bonds. The smallest absolute Gasteiger partial charge is 0.462 e. The first-order chi connectivity index (χ1) is 32.8. The van der Waals surface area contributed by atoms with E-state index >= 15 is 0 Å². The lowest BCUT2D eigenvalue weighted by Gasteiger charge is -2.45. The fourth-order valence-corrected chi connectivity index (χ4v) is 9.46. The summed E-state index contributed by atoms with van der Waals surface area (Å²) in [5.74, 6) is -2.82. The number of hydrogen-bond donors (Lipinski definition) is 8. The molecule has 1 rings (SSSR count). The van der Waals surface area contributed by atoms with Crippen molar-refractivity contribution in [2.24, 2.45) is 5.92 Å². The second kappa shape index (κ2) is 40.6. The normalized spacial score (nSPS) is 21.4. The standard InChI is InChI=1S/C46H83O18P3.CH4O/c1-4-6-8-10-12-14-16-18-20-22-24-26-28-30-32-34-40(47)59-36-39(61-41(48)35-33-31-29-27-25-23-21-19-17-15-13-11-9-7-5-2)37-60-67(57,58)64-45-42(49)38(3)44(62-65(51,52)53)46(43(45)50)63-66(54,55)56;1-2/h9,11,15,17,21,23,27,29,38-39,42-46,49-50H,4-8,10,12-14,16,18-20,22,24-26,28,30-37H2,1-3H3,(H,57,58)(H2,51,52,53)(H2,54,55,56);2H,1H3/b11-9-,17-15-,23-21-,29-27-;/t38-,39?,42+,43?,44?,45+,46+;/m0./s1. The van der Waals surface area contributed by atoms with Gasteiger partial charge in [0.05, 0.1) is 12.7 Å². The molecule has 0 radical (unpaired) electrons. The molecule has 0 spiro atoms. The molecule has 404 valence electrons. The second-order valence-corrected chi connectivity index (χ2v) is 20.9. The zero-order chi connectivity index (χ0) is 52.0. The van der Waals surface area contributed by atoms with E-state index in [1.54, 1.807) is 0 Å². The maximum atomic E-state index is 13.2. The van der Waals surface area contributed by atoms with Gasteiger partial charge in [-0.15, -0.1) is 0 Å². The third-order valence-electron chi connectivity index (χ3n) is 11.0. The third kappa shape index (κ3) is 36.6. The van der Waals surface area contributed by atoms with Crippen LogP contribution in [0.2, 0.25) is 0 Å². The van der Waals surface area contributed by atoms with Gasteiger partial charge in [-0.3, -0.25) is 27.7 Å². The Balaban J connectivity index is 0.0000228. The molecule has 0 bridgehead atoms. The first-order valence-corrected chi connectivity index (χ1v) is 29.2. The Morgan fingerprint density at radius 2 is 0.942 bits per heavy atom. The van der Waals surface area contributed by atoms with Crippen LogP contribution in [-0.4, -0.2) is 109 Å². The summed E-state index contributed by atoms with van der Waals surface area (Å²) in [5.41, 5.74) is 0. The number of phosphoric ester groups is 3. The highest BCUT2D eigenvalue weighted by Crippen LogP contribution is 2.52. The van der Waals surface area contributed by atoms with E-state index in [0.29, 0.717) is 19.3 Å². The van der Waals surface area contributed by atoms with Gasteiger partial charge in [0, 0.05) is 25.9 Å². The van der Waals surface area contributed by atoms with E-state index in [9.17, 15) is 58.0 Å². The highest BCUT2D eigenvalue weighted by molar-refractivity contribution is 7.47. The number of carbonyl (C=O) groups excluding carboxylic acids is 2. The number of esters is 2. The summed E-state index contributed by atoms with van der Waals surface area (Å²) in [6, 6.07) is 0. The summed E-state index contributed by atoms with van der Waals surface area (Å²) < 4.78 is 66.4. The molecular weight excluding hydrogens is 961 g/mol. The highest BCUT2D eigenvalue weighted by Gasteiger charge is 2.55. The van der Waals surface area contributed by atoms with Crippen LogP contribution in [-0.2, 0) is 50.9 Å². The van der Waals surface area contributed by atoms with Crippen LogP contribution >= 0.6 is 23.5 Å². The van der Waals surface area contributed by atoms with Crippen LogP contribution in [0.1, 0.15) is 175 Å². The molecule has 69 heavy (non-hydrogen) atoms. The lowest BCUT2D eigenvalue weighted by Crippen LogP contribution is -2.61. The number of allylic oxidation sites excluding steroid dienone is 8. The quantitative estimate of drug-likeness (QED) is 0.0123. The molecular formula is C47H87O19P3. The van der Waals surface area contributed by atoms with Crippen molar-refractivity contribution in [3.8, 4) is 0 Å². The molecule has 1 fully saturated rings. The molecule has 0 aliphatic heterocycles. The zero-order valence-corrected chi connectivity index (χ0v) is 44.1. The Bertz CT molecular complexity index is 1600. The van der Waals surface area contributed by atoms with Crippen LogP contribution in [0.5, 0.6) is 0 Å². The minimum absolute atomic E-state index is 0.0499. The zero-order valence-electron chi connectivity index (χ0n) is 41.5. The number of hydrogen-bond acceptors (Lipinski definition) is 14. The molecule has 0 saturated heterocycles. The molecule has 0 aromatic carbocycles. The molecule has 22 heteroatoms. The predicted octanol–water partition coefficient (Wildman–Crippen LogP) is 9.51. The van der Waals surface area contributed by atoms with Crippen LogP contribution in [0.3, 0.4) is 0 Å². The Morgan fingerprint density at radius 3 is 1.42 bits per heavy atom. The van der Waals surface area contributed by atoms with Gasteiger partial charge in [0.25, 0.3) is 0 Å². The van der Waals surface area contributed by atoms with E-state index in [0.717, 1.165) is 71.8 Å². The van der Waals surface area contributed by atoms with Gasteiger partial charge in [0.2, 0.25) is 0 Å². The number of rotatable bonds is 40. The molecule has 1 saturated carbocycles. The lowest BCUT2D eigenvalue weighted by atomic mass is 9.79.